The lowest BCUT2D eigenvalue weighted by Gasteiger charge is -2.24. The van der Waals surface area contributed by atoms with Crippen molar-refractivity contribution in [3.05, 3.63) is 48.5 Å². The molecule has 2 aromatic carbocycles. The van der Waals surface area contributed by atoms with Gasteiger partial charge >= 0.3 is 0 Å². The van der Waals surface area contributed by atoms with E-state index in [4.69, 9.17) is 9.47 Å². The van der Waals surface area contributed by atoms with Gasteiger partial charge in [0.1, 0.15) is 12.3 Å². The van der Waals surface area contributed by atoms with Crippen LogP contribution in [0.5, 0.6) is 5.75 Å². The van der Waals surface area contributed by atoms with Crippen molar-refractivity contribution in [3.8, 4) is 5.75 Å². The van der Waals surface area contributed by atoms with E-state index in [1.165, 1.54) is 18.9 Å². The van der Waals surface area contributed by atoms with Gasteiger partial charge in [-0.05, 0) is 61.7 Å². The predicted molar refractivity (Wildman–Crippen MR) is 115 cm³/mol. The summed E-state index contributed by atoms with van der Waals surface area (Å²) in [6, 6.07) is 13.2. The van der Waals surface area contributed by atoms with Gasteiger partial charge in [0.2, 0.25) is 5.91 Å². The third-order valence-electron chi connectivity index (χ3n) is 4.00. The van der Waals surface area contributed by atoms with Crippen LogP contribution in [0.1, 0.15) is 6.92 Å². The number of carbonyl (C=O) groups excluding carboxylic acids is 1. The quantitative estimate of drug-likeness (QED) is 0.429. The molecule has 0 aromatic heterocycles. The Morgan fingerprint density at radius 3 is 2.31 bits per heavy atom. The van der Waals surface area contributed by atoms with Crippen LogP contribution in [0.3, 0.4) is 0 Å². The normalized spacial score (nSPS) is 11.1. The van der Waals surface area contributed by atoms with E-state index in [9.17, 15) is 13.2 Å². The SMILES string of the molecule is CCOc1ccc(N(CC(=O)NCCOC)S(=O)(=O)c2ccc(SC)cc2)cc1. The van der Waals surface area contributed by atoms with Crippen LogP contribution in [0, 0.1) is 0 Å². The van der Waals surface area contributed by atoms with Gasteiger partial charge in [-0.3, -0.25) is 9.10 Å². The summed E-state index contributed by atoms with van der Waals surface area (Å²) in [4.78, 5) is 13.4. The van der Waals surface area contributed by atoms with E-state index in [0.717, 1.165) is 9.20 Å². The topological polar surface area (TPSA) is 84.9 Å². The number of ether oxygens (including phenoxy) is 2. The van der Waals surface area contributed by atoms with Gasteiger partial charge in [0.05, 0.1) is 23.8 Å². The largest absolute Gasteiger partial charge is 0.494 e. The summed E-state index contributed by atoms with van der Waals surface area (Å²) < 4.78 is 38.0. The first-order valence-electron chi connectivity index (χ1n) is 9.07. The average molecular weight is 439 g/mol. The van der Waals surface area contributed by atoms with E-state index in [-0.39, 0.29) is 11.4 Å². The maximum Gasteiger partial charge on any atom is 0.264 e. The van der Waals surface area contributed by atoms with Crippen molar-refractivity contribution in [2.75, 3.05) is 44.0 Å². The number of amides is 1. The van der Waals surface area contributed by atoms with Gasteiger partial charge in [-0.25, -0.2) is 8.42 Å². The third-order valence-corrected chi connectivity index (χ3v) is 6.53. The summed E-state index contributed by atoms with van der Waals surface area (Å²) in [5, 5.41) is 2.66. The molecule has 9 heteroatoms. The Morgan fingerprint density at radius 2 is 1.76 bits per heavy atom. The van der Waals surface area contributed by atoms with Crippen LogP contribution in [0.25, 0.3) is 0 Å². The second-order valence-electron chi connectivity index (χ2n) is 5.96. The molecular formula is C20H26N2O5S2. The third kappa shape index (κ3) is 6.38. The second kappa shape index (κ2) is 11.1. The molecule has 0 aliphatic rings. The molecule has 0 radical (unpaired) electrons. The van der Waals surface area contributed by atoms with E-state index in [0.29, 0.717) is 31.2 Å². The van der Waals surface area contributed by atoms with Crippen LogP contribution in [0.2, 0.25) is 0 Å². The number of carbonyl (C=O) groups is 1. The highest BCUT2D eigenvalue weighted by atomic mass is 32.2. The molecule has 29 heavy (non-hydrogen) atoms. The van der Waals surface area contributed by atoms with Crippen molar-refractivity contribution in [2.45, 2.75) is 16.7 Å². The first kappa shape index (κ1) is 23.1. The van der Waals surface area contributed by atoms with E-state index < -0.39 is 15.9 Å². The van der Waals surface area contributed by atoms with Crippen molar-refractivity contribution in [2.24, 2.45) is 0 Å². The van der Waals surface area contributed by atoms with Crippen LogP contribution < -0.4 is 14.4 Å². The minimum Gasteiger partial charge on any atom is -0.494 e. The molecule has 7 nitrogen and oxygen atoms in total. The summed E-state index contributed by atoms with van der Waals surface area (Å²) >= 11 is 1.52. The number of methoxy groups -OCH3 is 1. The minimum absolute atomic E-state index is 0.119. The van der Waals surface area contributed by atoms with Crippen molar-refractivity contribution in [1.82, 2.24) is 5.32 Å². The number of benzene rings is 2. The smallest absolute Gasteiger partial charge is 0.264 e. The lowest BCUT2D eigenvalue weighted by Crippen LogP contribution is -2.41. The Balaban J connectivity index is 2.35. The summed E-state index contributed by atoms with van der Waals surface area (Å²) in [6.07, 6.45) is 1.92. The summed E-state index contributed by atoms with van der Waals surface area (Å²) in [7, 11) is -2.41. The average Bonchev–Trinajstić information content (AvgIpc) is 2.73. The second-order valence-corrected chi connectivity index (χ2v) is 8.70. The van der Waals surface area contributed by atoms with Gasteiger partial charge < -0.3 is 14.8 Å². The molecule has 0 fully saturated rings. The maximum atomic E-state index is 13.3. The van der Waals surface area contributed by atoms with Crippen LogP contribution in [-0.4, -0.2) is 54.0 Å². The number of rotatable bonds is 11. The number of nitrogens with zero attached hydrogens (tertiary/aromatic N) is 1. The fourth-order valence-electron chi connectivity index (χ4n) is 2.54. The zero-order valence-electron chi connectivity index (χ0n) is 16.8. The number of anilines is 1. The number of nitrogens with one attached hydrogen (secondary N) is 1. The number of thioether (sulfide) groups is 1. The van der Waals surface area contributed by atoms with E-state index in [1.54, 1.807) is 48.5 Å². The summed E-state index contributed by atoms with van der Waals surface area (Å²) in [5.41, 5.74) is 0.379. The number of sulfonamides is 1. The fourth-order valence-corrected chi connectivity index (χ4v) is 4.37. The molecule has 0 aliphatic carbocycles. The van der Waals surface area contributed by atoms with Crippen molar-refractivity contribution in [3.63, 3.8) is 0 Å². The van der Waals surface area contributed by atoms with Crippen LogP contribution in [0.4, 0.5) is 5.69 Å². The van der Waals surface area contributed by atoms with Crippen molar-refractivity contribution >= 4 is 33.4 Å². The number of hydrogen-bond acceptors (Lipinski definition) is 6. The monoisotopic (exact) mass is 438 g/mol. The van der Waals surface area contributed by atoms with Crippen molar-refractivity contribution < 1.29 is 22.7 Å². The van der Waals surface area contributed by atoms with E-state index in [1.807, 2.05) is 13.2 Å². The highest BCUT2D eigenvalue weighted by Crippen LogP contribution is 2.27. The summed E-state index contributed by atoms with van der Waals surface area (Å²) in [6.45, 7) is 2.68. The molecule has 1 amide bonds. The molecule has 0 spiro atoms. The van der Waals surface area contributed by atoms with E-state index >= 15 is 0 Å². The van der Waals surface area contributed by atoms with Gasteiger partial charge in [-0.1, -0.05) is 0 Å². The zero-order chi connectivity index (χ0) is 21.3. The molecule has 2 aromatic rings. The van der Waals surface area contributed by atoms with Gasteiger partial charge in [0, 0.05) is 18.6 Å². The maximum absolute atomic E-state index is 13.3. The molecule has 0 bridgehead atoms. The Labute approximate surface area is 176 Å². The first-order valence-corrected chi connectivity index (χ1v) is 11.7. The zero-order valence-corrected chi connectivity index (χ0v) is 18.4. The van der Waals surface area contributed by atoms with Gasteiger partial charge in [-0.15, -0.1) is 11.8 Å². The predicted octanol–water partition coefficient (Wildman–Crippen LogP) is 2.77. The molecule has 0 atom stereocenters. The molecule has 0 aliphatic heterocycles. The molecule has 0 unspecified atom stereocenters. The molecule has 2 rings (SSSR count). The van der Waals surface area contributed by atoms with Crippen molar-refractivity contribution in [1.29, 1.82) is 0 Å². The Hall–Kier alpha value is -2.23. The molecule has 0 saturated carbocycles. The first-order chi connectivity index (χ1) is 13.9. The molecule has 0 heterocycles. The molecule has 1 N–H and O–H groups in total. The Bertz CT molecular complexity index is 884. The standard InChI is InChI=1S/C20H26N2O5S2/c1-4-27-17-7-5-16(6-8-17)22(15-20(23)21-13-14-26-2)29(24,25)19-11-9-18(28-3)10-12-19/h5-12H,4,13-15H2,1-3H3,(H,21,23). The lowest BCUT2D eigenvalue weighted by molar-refractivity contribution is -0.119. The van der Waals surface area contributed by atoms with Crippen LogP contribution >= 0.6 is 11.8 Å². The molecule has 158 valence electrons. The minimum atomic E-state index is -3.94. The Morgan fingerprint density at radius 1 is 1.10 bits per heavy atom. The Kier molecular flexibility index (Phi) is 8.81. The molecule has 0 saturated heterocycles. The number of hydrogen-bond donors (Lipinski definition) is 1. The van der Waals surface area contributed by atoms with Crippen LogP contribution in [0.15, 0.2) is 58.3 Å². The highest BCUT2D eigenvalue weighted by molar-refractivity contribution is 7.98. The van der Waals surface area contributed by atoms with E-state index in [2.05, 4.69) is 5.32 Å². The van der Waals surface area contributed by atoms with Gasteiger partial charge in [0.15, 0.2) is 0 Å². The lowest BCUT2D eigenvalue weighted by atomic mass is 10.3. The highest BCUT2D eigenvalue weighted by Gasteiger charge is 2.27. The van der Waals surface area contributed by atoms with Gasteiger partial charge in [0.25, 0.3) is 10.0 Å². The fraction of sp³-hybridized carbons (Fsp3) is 0.350. The van der Waals surface area contributed by atoms with Gasteiger partial charge in [-0.2, -0.15) is 0 Å². The van der Waals surface area contributed by atoms with Crippen LogP contribution in [-0.2, 0) is 19.6 Å². The molecular weight excluding hydrogens is 412 g/mol. The summed E-state index contributed by atoms with van der Waals surface area (Å²) in [5.74, 6) is 0.211.